The Bertz CT molecular complexity index is 1240. The van der Waals surface area contributed by atoms with Gasteiger partial charge in [0.1, 0.15) is 18.2 Å². The number of unbranched alkanes of at least 4 members (excludes halogenated alkanes) is 1. The summed E-state index contributed by atoms with van der Waals surface area (Å²) in [5.74, 6) is -3.76. The van der Waals surface area contributed by atoms with Crippen LogP contribution in [-0.4, -0.2) is 99.6 Å². The van der Waals surface area contributed by atoms with Crippen molar-refractivity contribution in [3.63, 3.8) is 0 Å². The molecule has 0 radical (unpaired) electrons. The summed E-state index contributed by atoms with van der Waals surface area (Å²) in [5.41, 5.74) is -0.323. The van der Waals surface area contributed by atoms with Crippen molar-refractivity contribution in [3.8, 4) is 0 Å². The van der Waals surface area contributed by atoms with Crippen LogP contribution in [0.3, 0.4) is 0 Å². The molecule has 0 aromatic carbocycles. The molecule has 4 aliphatic carbocycles. The van der Waals surface area contributed by atoms with Gasteiger partial charge >= 0.3 is 12.1 Å². The minimum atomic E-state index is -2.12. The third-order valence-electron chi connectivity index (χ3n) is 10.6. The second-order valence-electron chi connectivity index (χ2n) is 13.0. The Morgan fingerprint density at radius 2 is 1.82 bits per heavy atom. The van der Waals surface area contributed by atoms with Crippen molar-refractivity contribution in [1.29, 1.82) is 0 Å². The highest BCUT2D eigenvalue weighted by Gasteiger charge is 2.75. The van der Waals surface area contributed by atoms with Crippen LogP contribution in [-0.2, 0) is 33.4 Å². The van der Waals surface area contributed by atoms with E-state index in [4.69, 9.17) is 30.4 Å². The van der Waals surface area contributed by atoms with Crippen LogP contribution in [0.5, 0.6) is 0 Å². The van der Waals surface area contributed by atoms with Gasteiger partial charge in [-0.05, 0) is 69.4 Å². The highest BCUT2D eigenvalue weighted by atomic mass is 19.1. The molecule has 0 saturated heterocycles. The zero-order valence-electron chi connectivity index (χ0n) is 25.6. The van der Waals surface area contributed by atoms with Gasteiger partial charge in [0.25, 0.3) is 0 Å². The number of carbonyl (C=O) groups excluding carboxylic acids is 4. The van der Waals surface area contributed by atoms with Gasteiger partial charge in [0, 0.05) is 16.7 Å². The van der Waals surface area contributed by atoms with Crippen molar-refractivity contribution in [2.45, 2.75) is 82.7 Å². The van der Waals surface area contributed by atoms with Gasteiger partial charge < -0.3 is 30.2 Å². The number of halogens is 1. The van der Waals surface area contributed by atoms with Crippen molar-refractivity contribution < 1.29 is 63.2 Å². The van der Waals surface area contributed by atoms with Crippen molar-refractivity contribution in [2.75, 3.05) is 26.4 Å². The average Bonchev–Trinajstić information content (AvgIpc) is 3.18. The number of fused-ring (bicyclic) bond motifs is 5. The van der Waals surface area contributed by atoms with E-state index in [0.29, 0.717) is 37.7 Å². The molecule has 0 aromatic heterocycles. The highest BCUT2D eigenvalue weighted by Crippen LogP contribution is 2.70. The van der Waals surface area contributed by atoms with E-state index < -0.39 is 88.5 Å². The lowest BCUT2D eigenvalue weighted by molar-refractivity contribution is -0.492. The van der Waals surface area contributed by atoms with E-state index in [-0.39, 0.29) is 25.4 Å². The molecule has 4 rings (SSSR count). The summed E-state index contributed by atoms with van der Waals surface area (Å²) in [4.78, 5) is 54.2. The monoisotopic (exact) mass is 642 g/mol. The number of nitrogens with two attached hydrogens (primary N) is 1. The molecule has 0 bridgehead atoms. The van der Waals surface area contributed by atoms with Crippen LogP contribution in [0.4, 0.5) is 9.18 Å². The number of hydrogen-bond acceptors (Lipinski definition) is 14. The van der Waals surface area contributed by atoms with Gasteiger partial charge in [-0.25, -0.2) is 9.18 Å². The lowest BCUT2D eigenvalue weighted by Gasteiger charge is -2.62. The fourth-order valence-electron chi connectivity index (χ4n) is 8.27. The van der Waals surface area contributed by atoms with Crippen molar-refractivity contribution in [2.24, 2.45) is 34.3 Å². The number of hydrogen-bond donors (Lipinski definition) is 5. The molecule has 15 heteroatoms. The maximum atomic E-state index is 17.3. The van der Waals surface area contributed by atoms with Crippen molar-refractivity contribution in [1.82, 2.24) is 5.39 Å². The number of ether oxygens (including phenoxy) is 3. The molecule has 0 amide bonds. The molecule has 45 heavy (non-hydrogen) atoms. The molecule has 0 heterocycles. The number of carbonyl (C=O) groups is 4. The van der Waals surface area contributed by atoms with Gasteiger partial charge in [0.05, 0.1) is 24.7 Å². The number of alkyl halides is 1. The number of aliphatic hydroxyl groups is 2. The summed E-state index contributed by atoms with van der Waals surface area (Å²) < 4.78 is 32.0. The van der Waals surface area contributed by atoms with E-state index in [2.05, 4.69) is 4.84 Å². The first-order valence-corrected chi connectivity index (χ1v) is 15.1. The normalized spacial score (nSPS) is 37.6. The third kappa shape index (κ3) is 6.06. The number of ketones is 2. The summed E-state index contributed by atoms with van der Waals surface area (Å²) in [6.45, 7) is 3.47. The van der Waals surface area contributed by atoms with Crippen LogP contribution >= 0.6 is 0 Å². The van der Waals surface area contributed by atoms with Crippen LogP contribution in [0.1, 0.15) is 59.3 Å². The van der Waals surface area contributed by atoms with Crippen molar-refractivity contribution in [3.05, 3.63) is 23.8 Å². The van der Waals surface area contributed by atoms with E-state index in [1.807, 2.05) is 0 Å². The third-order valence-corrected chi connectivity index (χ3v) is 10.6. The number of esters is 1. The van der Waals surface area contributed by atoms with Gasteiger partial charge in [-0.15, -0.1) is 0 Å². The van der Waals surface area contributed by atoms with E-state index in [1.54, 1.807) is 20.8 Å². The molecule has 9 atom stereocenters. The zero-order chi connectivity index (χ0) is 33.4. The fraction of sp³-hybridized carbons (Fsp3) is 0.733. The van der Waals surface area contributed by atoms with E-state index >= 15 is 4.39 Å². The Morgan fingerprint density at radius 3 is 2.51 bits per heavy atom. The quantitative estimate of drug-likeness (QED) is 0.116. The Labute approximate surface area is 259 Å². The largest absolute Gasteiger partial charge is 0.508 e. The van der Waals surface area contributed by atoms with Gasteiger partial charge in [0.15, 0.2) is 18.1 Å². The van der Waals surface area contributed by atoms with Gasteiger partial charge in [0.2, 0.25) is 5.78 Å². The number of aliphatic hydroxyl groups excluding tert-OH is 1. The molecule has 3 saturated carbocycles. The molecule has 1 unspecified atom stereocenters. The molecule has 0 spiro atoms. The fourth-order valence-corrected chi connectivity index (χ4v) is 8.27. The van der Waals surface area contributed by atoms with Gasteiger partial charge in [-0.1, -0.05) is 25.5 Å². The maximum absolute atomic E-state index is 17.3. The number of allylic oxidation sites excluding steroid dienone is 4. The average molecular weight is 643 g/mol. The van der Waals surface area contributed by atoms with Gasteiger partial charge in [-0.2, -0.15) is 0 Å². The Hall–Kier alpha value is -2.79. The maximum Gasteiger partial charge on any atom is 0.508 e. The molecule has 0 aliphatic heterocycles. The van der Waals surface area contributed by atoms with Crippen LogP contribution in [0, 0.1) is 28.6 Å². The van der Waals surface area contributed by atoms with Crippen LogP contribution in [0.2, 0.25) is 0 Å². The van der Waals surface area contributed by atoms with E-state index in [0.717, 1.165) is 0 Å². The first-order chi connectivity index (χ1) is 21.0. The molecule has 252 valence electrons. The van der Waals surface area contributed by atoms with Crippen molar-refractivity contribution >= 4 is 23.7 Å². The summed E-state index contributed by atoms with van der Waals surface area (Å²) in [5, 5.41) is 39.8. The zero-order valence-corrected chi connectivity index (χ0v) is 25.6. The van der Waals surface area contributed by atoms with Crippen LogP contribution in [0.25, 0.3) is 0 Å². The first kappa shape index (κ1) is 35.1. The lowest BCUT2D eigenvalue weighted by atomic mass is 9.44. The number of rotatable bonds is 12. The molecule has 14 nitrogen and oxygen atoms in total. The SMILES string of the molecule is C[C@@H]1C[C@H]2[C@@H]3CCC4=CC(=O)C=C[C@]4(C)[C@@]3(F)[C@@H](O)C[C@]2(C)[C@@]1(O)C(=O)COC(=O)OCC(N)C(=O)OCCCCON(O)O. The summed E-state index contributed by atoms with van der Waals surface area (Å²) in [6, 6.07) is -1.34. The molecular weight excluding hydrogens is 599 g/mol. The van der Waals surface area contributed by atoms with E-state index in [1.165, 1.54) is 18.2 Å². The molecular formula is C30H43FN2O12. The second-order valence-corrected chi connectivity index (χ2v) is 13.0. The standard InChI is InChI=1S/C30H43FN2O12/c1-17-12-21-20-7-6-18-13-19(34)8-9-27(18,2)29(20,31)23(35)14-28(21,3)30(17,39)24(36)16-44-26(38)43-15-22(32)25(37)42-10-4-5-11-45-33(40)41/h8-9,13,17,20-23,35,39-41H,4-7,10-12,14-16,32H2,1-3H3/t17-,20+,21+,22?,23+,27+,28+,29+,30+/m1/s1. The Morgan fingerprint density at radius 1 is 1.13 bits per heavy atom. The van der Waals surface area contributed by atoms with Gasteiger partial charge in [-0.3, -0.25) is 29.6 Å². The minimum Gasteiger partial charge on any atom is -0.464 e. The van der Waals surface area contributed by atoms with E-state index in [9.17, 15) is 29.4 Å². The summed E-state index contributed by atoms with van der Waals surface area (Å²) >= 11 is 0. The highest BCUT2D eigenvalue weighted by molar-refractivity contribution is 6.01. The van der Waals surface area contributed by atoms with Crippen LogP contribution in [0.15, 0.2) is 23.8 Å². The molecule has 3 fully saturated rings. The summed E-state index contributed by atoms with van der Waals surface area (Å²) in [7, 11) is 0. The molecule has 6 N–H and O–H groups in total. The number of Topliss-reactive ketones (excluding diaryl/α,β-unsaturated/α-hetero) is 1. The Kier molecular flexibility index (Phi) is 10.2. The predicted molar refractivity (Wildman–Crippen MR) is 150 cm³/mol. The number of nitrogens with zero attached hydrogens (tertiary/aromatic N) is 1. The second kappa shape index (κ2) is 13.1. The topological polar surface area (TPSA) is 215 Å². The summed E-state index contributed by atoms with van der Waals surface area (Å²) in [6.07, 6.45) is 2.96. The predicted octanol–water partition coefficient (Wildman–Crippen LogP) is 1.72. The minimum absolute atomic E-state index is 0.0333. The molecule has 0 aromatic rings. The smallest absolute Gasteiger partial charge is 0.464 e. The molecule has 4 aliphatic rings. The van der Waals surface area contributed by atoms with Crippen LogP contribution < -0.4 is 5.73 Å². The Balaban J connectivity index is 1.34. The first-order valence-electron chi connectivity index (χ1n) is 15.1. The lowest BCUT2D eigenvalue weighted by Crippen LogP contribution is -2.69.